The maximum Gasteiger partial charge on any atom is 0.0581 e. The summed E-state index contributed by atoms with van der Waals surface area (Å²) in [6.45, 7) is 6.81. The van der Waals surface area contributed by atoms with Crippen LogP contribution >= 0.6 is 31.9 Å². The molecule has 2 rings (SSSR count). The van der Waals surface area contributed by atoms with Crippen LogP contribution < -0.4 is 5.32 Å². The number of piperidine rings is 1. The molecule has 17 heavy (non-hydrogen) atoms. The van der Waals surface area contributed by atoms with E-state index in [1.54, 1.807) is 0 Å². The molecule has 1 aliphatic heterocycles. The molecule has 94 valence electrons. The van der Waals surface area contributed by atoms with Gasteiger partial charge in [0, 0.05) is 21.1 Å². The Morgan fingerprint density at radius 2 is 2.18 bits per heavy atom. The molecular weight excluding hydrogens is 344 g/mol. The Labute approximate surface area is 120 Å². The Bertz CT molecular complexity index is 393. The molecule has 2 nitrogen and oxygen atoms in total. The first-order valence-corrected chi connectivity index (χ1v) is 7.70. The zero-order valence-electron chi connectivity index (χ0n) is 10.2. The summed E-state index contributed by atoms with van der Waals surface area (Å²) in [5.41, 5.74) is 1.22. The quantitative estimate of drug-likeness (QED) is 0.862. The van der Waals surface area contributed by atoms with Crippen LogP contribution in [0.2, 0.25) is 0 Å². The number of aromatic nitrogens is 1. The van der Waals surface area contributed by atoms with Crippen molar-refractivity contribution in [2.24, 2.45) is 11.8 Å². The van der Waals surface area contributed by atoms with Crippen LogP contribution in [0.3, 0.4) is 0 Å². The maximum atomic E-state index is 4.61. The van der Waals surface area contributed by atoms with Crippen molar-refractivity contribution in [1.82, 2.24) is 10.3 Å². The van der Waals surface area contributed by atoms with Crippen LogP contribution in [0.25, 0.3) is 0 Å². The van der Waals surface area contributed by atoms with E-state index in [2.05, 4.69) is 62.1 Å². The standard InChI is InChI=1S/C13H18Br2N2/c1-8(2)11-7-16-4-3-10(11)13-12(15)5-9(14)6-17-13/h5-6,8,10-11,16H,3-4,7H2,1-2H3. The molecule has 0 aliphatic carbocycles. The van der Waals surface area contributed by atoms with Crippen molar-refractivity contribution >= 4 is 31.9 Å². The largest absolute Gasteiger partial charge is 0.316 e. The molecule has 0 aromatic carbocycles. The van der Waals surface area contributed by atoms with E-state index in [0.29, 0.717) is 17.8 Å². The third-order valence-corrected chi connectivity index (χ3v) is 4.64. The predicted octanol–water partition coefficient (Wildman–Crippen LogP) is 3.96. The minimum absolute atomic E-state index is 0.568. The normalized spacial score (nSPS) is 25.2. The van der Waals surface area contributed by atoms with Crippen LogP contribution in [0.4, 0.5) is 0 Å². The average molecular weight is 362 g/mol. The number of hydrogen-bond acceptors (Lipinski definition) is 2. The summed E-state index contributed by atoms with van der Waals surface area (Å²) >= 11 is 7.11. The summed E-state index contributed by atoms with van der Waals surface area (Å²) in [6.07, 6.45) is 3.08. The Morgan fingerprint density at radius 1 is 1.41 bits per heavy atom. The Balaban J connectivity index is 2.29. The molecule has 4 heteroatoms. The number of nitrogens with one attached hydrogen (secondary N) is 1. The van der Waals surface area contributed by atoms with E-state index in [0.717, 1.165) is 22.0 Å². The van der Waals surface area contributed by atoms with E-state index < -0.39 is 0 Å². The number of halogens is 2. The molecule has 0 amide bonds. The SMILES string of the molecule is CC(C)C1CNCCC1c1ncc(Br)cc1Br. The Kier molecular flexibility index (Phi) is 4.61. The van der Waals surface area contributed by atoms with Crippen LogP contribution in [0.1, 0.15) is 31.9 Å². The summed E-state index contributed by atoms with van der Waals surface area (Å²) in [5.74, 6) is 1.93. The van der Waals surface area contributed by atoms with Gasteiger partial charge in [0.15, 0.2) is 0 Å². The maximum absolute atomic E-state index is 4.61. The smallest absolute Gasteiger partial charge is 0.0581 e. The monoisotopic (exact) mass is 360 g/mol. The molecule has 2 atom stereocenters. The number of nitrogens with zero attached hydrogens (tertiary/aromatic N) is 1. The second-order valence-electron chi connectivity index (χ2n) is 5.03. The highest BCUT2D eigenvalue weighted by Gasteiger charge is 2.30. The van der Waals surface area contributed by atoms with Gasteiger partial charge in [0.25, 0.3) is 0 Å². The van der Waals surface area contributed by atoms with Gasteiger partial charge in [-0.1, -0.05) is 13.8 Å². The highest BCUT2D eigenvalue weighted by atomic mass is 79.9. The lowest BCUT2D eigenvalue weighted by molar-refractivity contribution is 0.251. The van der Waals surface area contributed by atoms with Crippen molar-refractivity contribution < 1.29 is 0 Å². The van der Waals surface area contributed by atoms with Gasteiger partial charge in [-0.05, 0) is 69.3 Å². The van der Waals surface area contributed by atoms with Crippen LogP contribution in [-0.2, 0) is 0 Å². The first-order chi connectivity index (χ1) is 8.09. The van der Waals surface area contributed by atoms with Crippen LogP contribution in [0, 0.1) is 11.8 Å². The van der Waals surface area contributed by atoms with E-state index in [1.807, 2.05) is 6.20 Å². The lowest BCUT2D eigenvalue weighted by atomic mass is 9.77. The van der Waals surface area contributed by atoms with E-state index in [9.17, 15) is 0 Å². The number of hydrogen-bond donors (Lipinski definition) is 1. The summed E-state index contributed by atoms with van der Waals surface area (Å²) in [7, 11) is 0. The third kappa shape index (κ3) is 3.09. The summed E-state index contributed by atoms with van der Waals surface area (Å²) in [5, 5.41) is 3.49. The Hall–Kier alpha value is 0.0700. The van der Waals surface area contributed by atoms with Crippen molar-refractivity contribution in [2.75, 3.05) is 13.1 Å². The summed E-state index contributed by atoms with van der Waals surface area (Å²) in [4.78, 5) is 4.61. The van der Waals surface area contributed by atoms with Crippen molar-refractivity contribution in [3.8, 4) is 0 Å². The second-order valence-corrected chi connectivity index (χ2v) is 6.80. The molecule has 2 heterocycles. The van der Waals surface area contributed by atoms with Gasteiger partial charge in [-0.15, -0.1) is 0 Å². The van der Waals surface area contributed by atoms with Gasteiger partial charge >= 0.3 is 0 Å². The van der Waals surface area contributed by atoms with Crippen LogP contribution in [0.5, 0.6) is 0 Å². The summed E-state index contributed by atoms with van der Waals surface area (Å²) in [6, 6.07) is 2.10. The molecule has 2 unspecified atom stereocenters. The number of rotatable bonds is 2. The highest BCUT2D eigenvalue weighted by molar-refractivity contribution is 9.11. The minimum atomic E-state index is 0.568. The van der Waals surface area contributed by atoms with Crippen LogP contribution in [-0.4, -0.2) is 18.1 Å². The molecule has 0 bridgehead atoms. The highest BCUT2D eigenvalue weighted by Crippen LogP contribution is 2.37. The van der Waals surface area contributed by atoms with Gasteiger partial charge in [0.2, 0.25) is 0 Å². The topological polar surface area (TPSA) is 24.9 Å². The van der Waals surface area contributed by atoms with E-state index in [4.69, 9.17) is 0 Å². The zero-order valence-corrected chi connectivity index (χ0v) is 13.4. The fourth-order valence-corrected chi connectivity index (χ4v) is 3.90. The Morgan fingerprint density at radius 3 is 2.82 bits per heavy atom. The fraction of sp³-hybridized carbons (Fsp3) is 0.615. The first-order valence-electron chi connectivity index (χ1n) is 6.11. The first kappa shape index (κ1) is 13.5. The molecule has 1 saturated heterocycles. The van der Waals surface area contributed by atoms with E-state index in [-0.39, 0.29) is 0 Å². The van der Waals surface area contributed by atoms with Gasteiger partial charge in [-0.25, -0.2) is 0 Å². The molecule has 1 aromatic rings. The number of pyridine rings is 1. The minimum Gasteiger partial charge on any atom is -0.316 e. The third-order valence-electron chi connectivity index (χ3n) is 3.57. The lowest BCUT2D eigenvalue weighted by Crippen LogP contribution is -2.38. The van der Waals surface area contributed by atoms with E-state index in [1.165, 1.54) is 12.1 Å². The van der Waals surface area contributed by atoms with E-state index >= 15 is 0 Å². The van der Waals surface area contributed by atoms with Crippen molar-refractivity contribution in [3.63, 3.8) is 0 Å². The second kappa shape index (κ2) is 5.81. The molecule has 1 N–H and O–H groups in total. The van der Waals surface area contributed by atoms with Crippen molar-refractivity contribution in [1.29, 1.82) is 0 Å². The van der Waals surface area contributed by atoms with Crippen LogP contribution in [0.15, 0.2) is 21.2 Å². The van der Waals surface area contributed by atoms with Gasteiger partial charge in [0.05, 0.1) is 5.69 Å². The molecule has 0 saturated carbocycles. The summed E-state index contributed by atoms with van der Waals surface area (Å²) < 4.78 is 2.16. The van der Waals surface area contributed by atoms with Crippen molar-refractivity contribution in [3.05, 3.63) is 26.9 Å². The molecule has 0 spiro atoms. The molecular formula is C13H18Br2N2. The predicted molar refractivity (Wildman–Crippen MR) is 78.2 cm³/mol. The molecule has 1 aliphatic rings. The molecule has 1 fully saturated rings. The lowest BCUT2D eigenvalue weighted by Gasteiger charge is -2.35. The fourth-order valence-electron chi connectivity index (χ4n) is 2.62. The van der Waals surface area contributed by atoms with Crippen molar-refractivity contribution in [2.45, 2.75) is 26.2 Å². The molecule has 1 aromatic heterocycles. The zero-order chi connectivity index (χ0) is 12.4. The molecule has 0 radical (unpaired) electrons. The van der Waals surface area contributed by atoms with Gasteiger partial charge in [-0.2, -0.15) is 0 Å². The van der Waals surface area contributed by atoms with Gasteiger partial charge < -0.3 is 5.32 Å². The van der Waals surface area contributed by atoms with Gasteiger partial charge in [0.1, 0.15) is 0 Å². The average Bonchev–Trinajstić information content (AvgIpc) is 2.29. The van der Waals surface area contributed by atoms with Gasteiger partial charge in [-0.3, -0.25) is 4.98 Å².